The van der Waals surface area contributed by atoms with Crippen molar-refractivity contribution in [2.24, 2.45) is 0 Å². The molecule has 1 aliphatic rings. The topological polar surface area (TPSA) is 99.1 Å². The van der Waals surface area contributed by atoms with Crippen molar-refractivity contribution in [2.45, 2.75) is 18.8 Å². The fourth-order valence-electron chi connectivity index (χ4n) is 3.05. The van der Waals surface area contributed by atoms with E-state index in [1.807, 2.05) is 6.20 Å². The highest BCUT2D eigenvalue weighted by atomic mass is 16.2. The summed E-state index contributed by atoms with van der Waals surface area (Å²) in [7, 11) is 0. The van der Waals surface area contributed by atoms with Crippen LogP contribution >= 0.6 is 0 Å². The second-order valence-corrected chi connectivity index (χ2v) is 5.69. The molecule has 1 amide bonds. The van der Waals surface area contributed by atoms with Gasteiger partial charge in [0.2, 0.25) is 5.65 Å². The lowest BCUT2D eigenvalue weighted by molar-refractivity contribution is 0.0706. The number of imidazole rings is 2. The largest absolute Gasteiger partial charge is 0.348 e. The summed E-state index contributed by atoms with van der Waals surface area (Å²) in [6, 6.07) is 0. The van der Waals surface area contributed by atoms with E-state index >= 15 is 0 Å². The molecule has 0 radical (unpaired) electrons. The average molecular weight is 312 g/mol. The van der Waals surface area contributed by atoms with Crippen LogP contribution in [0.1, 0.15) is 35.1 Å². The van der Waals surface area contributed by atoms with Gasteiger partial charge in [0, 0.05) is 50.0 Å². The summed E-state index contributed by atoms with van der Waals surface area (Å²) in [6.07, 6.45) is 10.1. The molecule has 0 aromatic carbocycles. The number of carbonyl (C=O) groups is 1. The molecule has 3 aromatic rings. The first kappa shape index (κ1) is 13.7. The van der Waals surface area contributed by atoms with Crippen LogP contribution in [0.25, 0.3) is 5.65 Å². The zero-order valence-electron chi connectivity index (χ0n) is 12.4. The molecule has 118 valence electrons. The van der Waals surface area contributed by atoms with Crippen LogP contribution < -0.4 is 5.56 Å². The molecule has 4 rings (SSSR count). The van der Waals surface area contributed by atoms with Gasteiger partial charge in [-0.1, -0.05) is 0 Å². The van der Waals surface area contributed by atoms with E-state index in [9.17, 15) is 9.59 Å². The molecule has 4 heterocycles. The van der Waals surface area contributed by atoms with Crippen LogP contribution in [0.2, 0.25) is 0 Å². The number of aromatic nitrogens is 5. The smallest absolute Gasteiger partial charge is 0.291 e. The van der Waals surface area contributed by atoms with E-state index in [0.717, 1.165) is 18.7 Å². The molecule has 0 saturated carbocycles. The van der Waals surface area contributed by atoms with Crippen molar-refractivity contribution in [3.63, 3.8) is 0 Å². The van der Waals surface area contributed by atoms with Crippen molar-refractivity contribution in [1.82, 2.24) is 29.2 Å². The van der Waals surface area contributed by atoms with Crippen molar-refractivity contribution < 1.29 is 4.79 Å². The van der Waals surface area contributed by atoms with E-state index in [2.05, 4.69) is 19.9 Å². The van der Waals surface area contributed by atoms with Gasteiger partial charge in [0.1, 0.15) is 11.5 Å². The van der Waals surface area contributed by atoms with Gasteiger partial charge >= 0.3 is 0 Å². The second kappa shape index (κ2) is 5.38. The van der Waals surface area contributed by atoms with Gasteiger partial charge in [-0.25, -0.2) is 9.97 Å². The third-order valence-electron chi connectivity index (χ3n) is 4.29. The van der Waals surface area contributed by atoms with Crippen molar-refractivity contribution in [3.05, 3.63) is 52.9 Å². The summed E-state index contributed by atoms with van der Waals surface area (Å²) in [5.41, 5.74) is 0.238. The van der Waals surface area contributed by atoms with Gasteiger partial charge < -0.3 is 19.3 Å². The Morgan fingerprint density at radius 2 is 2.04 bits per heavy atom. The molecule has 0 spiro atoms. The molecular formula is C15H16N6O2. The number of likely N-dealkylation sites (tertiary alicyclic amines) is 1. The van der Waals surface area contributed by atoms with Gasteiger partial charge in [-0.05, 0) is 12.8 Å². The van der Waals surface area contributed by atoms with Crippen molar-refractivity contribution in [3.8, 4) is 0 Å². The minimum absolute atomic E-state index is 0.133. The second-order valence-electron chi connectivity index (χ2n) is 5.69. The van der Waals surface area contributed by atoms with Crippen LogP contribution in [-0.4, -0.2) is 48.2 Å². The highest BCUT2D eigenvalue weighted by molar-refractivity contribution is 5.93. The van der Waals surface area contributed by atoms with Gasteiger partial charge in [0.25, 0.3) is 11.5 Å². The Bertz CT molecular complexity index is 886. The van der Waals surface area contributed by atoms with Crippen LogP contribution in [0.4, 0.5) is 0 Å². The van der Waals surface area contributed by atoms with Crippen molar-refractivity contribution >= 4 is 11.6 Å². The third-order valence-corrected chi connectivity index (χ3v) is 4.29. The number of rotatable bonds is 2. The zero-order chi connectivity index (χ0) is 15.8. The molecule has 0 unspecified atom stereocenters. The zero-order valence-corrected chi connectivity index (χ0v) is 12.4. The highest BCUT2D eigenvalue weighted by Gasteiger charge is 2.27. The Kier molecular flexibility index (Phi) is 3.22. The molecule has 0 atom stereocenters. The van der Waals surface area contributed by atoms with Crippen molar-refractivity contribution in [1.29, 1.82) is 0 Å². The molecule has 23 heavy (non-hydrogen) atoms. The summed E-state index contributed by atoms with van der Waals surface area (Å²) in [6.45, 7) is 1.32. The fourth-order valence-corrected chi connectivity index (χ4v) is 3.05. The molecule has 8 nitrogen and oxygen atoms in total. The highest BCUT2D eigenvalue weighted by Crippen LogP contribution is 2.26. The number of amides is 1. The summed E-state index contributed by atoms with van der Waals surface area (Å²) >= 11 is 0. The lowest BCUT2D eigenvalue weighted by Crippen LogP contribution is -2.38. The fraction of sp³-hybridized carbons (Fsp3) is 0.333. The quantitative estimate of drug-likeness (QED) is 0.730. The van der Waals surface area contributed by atoms with E-state index in [0.29, 0.717) is 24.7 Å². The van der Waals surface area contributed by atoms with Gasteiger partial charge in [0.05, 0.1) is 0 Å². The SMILES string of the molecule is O=C(c1cn2cc[nH]c(=O)c2n1)N1CCC(c2ncc[nH]2)CC1. The van der Waals surface area contributed by atoms with Gasteiger partial charge in [-0.3, -0.25) is 9.59 Å². The Morgan fingerprint density at radius 3 is 2.74 bits per heavy atom. The standard InChI is InChI=1S/C15H16N6O2/c22-14-13-19-11(9-21(13)8-5-18-14)15(23)20-6-1-10(2-7-20)12-16-3-4-17-12/h3-5,8-10H,1-2,6-7H2,(H,16,17)(H,18,22). The lowest BCUT2D eigenvalue weighted by atomic mass is 9.96. The lowest BCUT2D eigenvalue weighted by Gasteiger charge is -2.30. The molecule has 1 aliphatic heterocycles. The Morgan fingerprint density at radius 1 is 1.22 bits per heavy atom. The summed E-state index contributed by atoms with van der Waals surface area (Å²) < 4.78 is 1.57. The normalized spacial score (nSPS) is 16.1. The molecule has 3 aromatic heterocycles. The maximum Gasteiger partial charge on any atom is 0.291 e. The number of piperidine rings is 1. The number of H-pyrrole nitrogens is 2. The van der Waals surface area contributed by atoms with Crippen LogP contribution in [0, 0.1) is 0 Å². The first-order chi connectivity index (χ1) is 11.2. The number of aromatic amines is 2. The first-order valence-electron chi connectivity index (χ1n) is 7.57. The number of fused-ring (bicyclic) bond motifs is 1. The summed E-state index contributed by atoms with van der Waals surface area (Å²) in [4.78, 5) is 40.2. The molecular weight excluding hydrogens is 296 g/mol. The Hall–Kier alpha value is -2.90. The molecule has 1 fully saturated rings. The molecule has 1 saturated heterocycles. The van der Waals surface area contributed by atoms with Crippen LogP contribution in [0.3, 0.4) is 0 Å². The monoisotopic (exact) mass is 312 g/mol. The van der Waals surface area contributed by atoms with Crippen LogP contribution in [0.5, 0.6) is 0 Å². The van der Waals surface area contributed by atoms with Gasteiger partial charge in [0.15, 0.2) is 0 Å². The summed E-state index contributed by atoms with van der Waals surface area (Å²) in [5.74, 6) is 1.21. The molecule has 0 bridgehead atoms. The maximum absolute atomic E-state index is 12.6. The molecule has 0 aliphatic carbocycles. The Balaban J connectivity index is 1.51. The van der Waals surface area contributed by atoms with Crippen molar-refractivity contribution in [2.75, 3.05) is 13.1 Å². The van der Waals surface area contributed by atoms with E-state index in [1.165, 1.54) is 6.20 Å². The predicted octanol–water partition coefficient (Wildman–Crippen LogP) is 0.765. The molecule has 8 heteroatoms. The van der Waals surface area contributed by atoms with E-state index in [4.69, 9.17) is 0 Å². The average Bonchev–Trinajstić information content (AvgIpc) is 3.24. The van der Waals surface area contributed by atoms with Crippen LogP contribution in [0.15, 0.2) is 35.8 Å². The predicted molar refractivity (Wildman–Crippen MR) is 82.3 cm³/mol. The number of nitrogens with zero attached hydrogens (tertiary/aromatic N) is 4. The third kappa shape index (κ3) is 2.41. The number of hydrogen-bond donors (Lipinski definition) is 2. The van der Waals surface area contributed by atoms with Crippen LogP contribution in [-0.2, 0) is 0 Å². The van der Waals surface area contributed by atoms with Gasteiger partial charge in [-0.2, -0.15) is 0 Å². The summed E-state index contributed by atoms with van der Waals surface area (Å²) in [5, 5.41) is 0. The first-order valence-corrected chi connectivity index (χ1v) is 7.57. The number of carbonyl (C=O) groups excluding carboxylic acids is 1. The van der Waals surface area contributed by atoms with E-state index < -0.39 is 0 Å². The minimum Gasteiger partial charge on any atom is -0.348 e. The number of nitrogens with one attached hydrogen (secondary N) is 2. The van der Waals surface area contributed by atoms with Gasteiger partial charge in [-0.15, -0.1) is 0 Å². The van der Waals surface area contributed by atoms with E-state index in [1.54, 1.807) is 27.9 Å². The number of hydrogen-bond acceptors (Lipinski definition) is 4. The Labute approximate surface area is 131 Å². The maximum atomic E-state index is 12.6. The van der Waals surface area contributed by atoms with E-state index in [-0.39, 0.29) is 17.1 Å². The molecule has 2 N–H and O–H groups in total. The minimum atomic E-state index is -0.303.